The predicted octanol–water partition coefficient (Wildman–Crippen LogP) is 5.02. The van der Waals surface area contributed by atoms with E-state index in [1.807, 2.05) is 24.3 Å². The van der Waals surface area contributed by atoms with Crippen LogP contribution in [0, 0.1) is 6.92 Å². The lowest BCUT2D eigenvalue weighted by molar-refractivity contribution is 1.06. The van der Waals surface area contributed by atoms with Crippen LogP contribution < -0.4 is 11.1 Å². The van der Waals surface area contributed by atoms with Crippen LogP contribution in [0.2, 0.25) is 0 Å². The maximum atomic E-state index is 6.23. The van der Waals surface area contributed by atoms with Crippen molar-refractivity contribution in [3.8, 4) is 0 Å². The Morgan fingerprint density at radius 1 is 1.09 bits per heavy atom. The zero-order chi connectivity index (χ0) is 16.2. The molecule has 0 spiro atoms. The highest BCUT2D eigenvalue weighted by Crippen LogP contribution is 2.34. The molecular formula is C17H15BrN4S. The van der Waals surface area contributed by atoms with E-state index in [9.17, 15) is 0 Å². The van der Waals surface area contributed by atoms with Crippen LogP contribution in [0.3, 0.4) is 0 Å². The number of benzene rings is 2. The Balaban J connectivity index is 1.84. The van der Waals surface area contributed by atoms with Crippen molar-refractivity contribution in [2.45, 2.75) is 16.8 Å². The average Bonchev–Trinajstić information content (AvgIpc) is 2.53. The lowest BCUT2D eigenvalue weighted by Crippen LogP contribution is -2.02. The molecule has 1 aromatic heterocycles. The molecule has 6 heteroatoms. The number of halogens is 1. The van der Waals surface area contributed by atoms with Gasteiger partial charge in [0.1, 0.15) is 17.0 Å². The van der Waals surface area contributed by atoms with Crippen molar-refractivity contribution in [3.63, 3.8) is 0 Å². The fraction of sp³-hybridized carbons (Fsp3) is 0.0588. The molecule has 1 heterocycles. The van der Waals surface area contributed by atoms with E-state index >= 15 is 0 Å². The highest BCUT2D eigenvalue weighted by atomic mass is 79.9. The number of aryl methyl sites for hydroxylation is 1. The van der Waals surface area contributed by atoms with Crippen LogP contribution in [0.5, 0.6) is 0 Å². The highest BCUT2D eigenvalue weighted by molar-refractivity contribution is 9.10. The summed E-state index contributed by atoms with van der Waals surface area (Å²) in [5.41, 5.74) is 8.90. The Kier molecular flexibility index (Phi) is 4.83. The van der Waals surface area contributed by atoms with E-state index in [1.54, 1.807) is 0 Å². The van der Waals surface area contributed by atoms with Crippen LogP contribution in [-0.2, 0) is 0 Å². The van der Waals surface area contributed by atoms with E-state index < -0.39 is 0 Å². The third-order valence-electron chi connectivity index (χ3n) is 3.17. The topological polar surface area (TPSA) is 63.8 Å². The van der Waals surface area contributed by atoms with Crippen molar-refractivity contribution in [3.05, 3.63) is 64.9 Å². The van der Waals surface area contributed by atoms with Gasteiger partial charge in [0.2, 0.25) is 0 Å². The van der Waals surface area contributed by atoms with Gasteiger partial charge in [-0.2, -0.15) is 0 Å². The smallest absolute Gasteiger partial charge is 0.158 e. The van der Waals surface area contributed by atoms with Gasteiger partial charge in [0.15, 0.2) is 5.82 Å². The molecule has 0 aliphatic heterocycles. The van der Waals surface area contributed by atoms with Crippen LogP contribution in [-0.4, -0.2) is 9.97 Å². The van der Waals surface area contributed by atoms with Crippen LogP contribution in [0.1, 0.15) is 5.56 Å². The first-order chi connectivity index (χ1) is 11.1. The molecule has 3 N–H and O–H groups in total. The highest BCUT2D eigenvalue weighted by Gasteiger charge is 2.10. The number of nitrogens with zero attached hydrogens (tertiary/aromatic N) is 2. The fourth-order valence-electron chi connectivity index (χ4n) is 1.98. The SMILES string of the molecule is Cc1ccc(Sc2ncnc(Nc3cccc(Br)c3)c2N)cc1. The maximum Gasteiger partial charge on any atom is 0.158 e. The minimum Gasteiger partial charge on any atom is -0.394 e. The molecule has 0 fully saturated rings. The molecule has 0 aliphatic rings. The Labute approximate surface area is 147 Å². The van der Waals surface area contributed by atoms with E-state index in [4.69, 9.17) is 5.73 Å². The molecule has 3 rings (SSSR count). The van der Waals surface area contributed by atoms with E-state index in [1.165, 1.54) is 23.7 Å². The molecule has 0 amide bonds. The van der Waals surface area contributed by atoms with Crippen molar-refractivity contribution in [2.24, 2.45) is 0 Å². The minimum atomic E-state index is 0.540. The number of hydrogen-bond donors (Lipinski definition) is 2. The van der Waals surface area contributed by atoms with Crippen LogP contribution >= 0.6 is 27.7 Å². The van der Waals surface area contributed by atoms with Crippen molar-refractivity contribution in [2.75, 3.05) is 11.1 Å². The molecule has 23 heavy (non-hydrogen) atoms. The summed E-state index contributed by atoms with van der Waals surface area (Å²) in [4.78, 5) is 9.63. The van der Waals surface area contributed by atoms with Gasteiger partial charge in [0, 0.05) is 15.1 Å². The molecule has 0 saturated carbocycles. The first-order valence-electron chi connectivity index (χ1n) is 6.99. The summed E-state index contributed by atoms with van der Waals surface area (Å²) in [5.74, 6) is 0.604. The van der Waals surface area contributed by atoms with Gasteiger partial charge in [-0.1, -0.05) is 51.5 Å². The normalized spacial score (nSPS) is 10.5. The number of nitrogens with two attached hydrogens (primary N) is 1. The largest absolute Gasteiger partial charge is 0.394 e. The standard InChI is InChI=1S/C17H15BrN4S/c1-11-5-7-14(8-6-11)23-17-15(19)16(20-10-21-17)22-13-4-2-3-12(18)9-13/h2-10H,19H2,1H3,(H,20,21,22). The van der Waals surface area contributed by atoms with Crippen LogP contribution in [0.15, 0.2) is 69.3 Å². The zero-order valence-electron chi connectivity index (χ0n) is 12.5. The summed E-state index contributed by atoms with van der Waals surface area (Å²) in [6.07, 6.45) is 1.52. The third-order valence-corrected chi connectivity index (χ3v) is 4.69. The summed E-state index contributed by atoms with van der Waals surface area (Å²) in [5, 5.41) is 3.97. The van der Waals surface area contributed by atoms with Gasteiger partial charge in [0.25, 0.3) is 0 Å². The van der Waals surface area contributed by atoms with Gasteiger partial charge < -0.3 is 11.1 Å². The van der Waals surface area contributed by atoms with Gasteiger partial charge >= 0.3 is 0 Å². The van der Waals surface area contributed by atoms with Crippen molar-refractivity contribution in [1.29, 1.82) is 0 Å². The lowest BCUT2D eigenvalue weighted by Gasteiger charge is -2.11. The first-order valence-corrected chi connectivity index (χ1v) is 8.60. The third kappa shape index (κ3) is 4.03. The molecule has 0 atom stereocenters. The van der Waals surface area contributed by atoms with E-state index in [-0.39, 0.29) is 0 Å². The van der Waals surface area contributed by atoms with E-state index in [0.29, 0.717) is 11.5 Å². The molecular weight excluding hydrogens is 372 g/mol. The minimum absolute atomic E-state index is 0.540. The number of hydrogen-bond acceptors (Lipinski definition) is 5. The number of nitrogens with one attached hydrogen (secondary N) is 1. The summed E-state index contributed by atoms with van der Waals surface area (Å²) < 4.78 is 0.990. The number of aromatic nitrogens is 2. The molecule has 0 aliphatic carbocycles. The van der Waals surface area contributed by atoms with E-state index in [2.05, 4.69) is 62.4 Å². The van der Waals surface area contributed by atoms with Crippen molar-refractivity contribution >= 4 is 44.9 Å². The molecule has 2 aromatic carbocycles. The molecule has 4 nitrogen and oxygen atoms in total. The Hall–Kier alpha value is -2.05. The van der Waals surface area contributed by atoms with Gasteiger partial charge in [-0.15, -0.1) is 0 Å². The zero-order valence-corrected chi connectivity index (χ0v) is 14.9. The summed E-state index contributed by atoms with van der Waals surface area (Å²) in [6.45, 7) is 2.06. The maximum absolute atomic E-state index is 6.23. The van der Waals surface area contributed by atoms with Crippen molar-refractivity contribution in [1.82, 2.24) is 9.97 Å². The summed E-state index contributed by atoms with van der Waals surface area (Å²) >= 11 is 4.98. The van der Waals surface area contributed by atoms with Crippen LogP contribution in [0.4, 0.5) is 17.2 Å². The van der Waals surface area contributed by atoms with E-state index in [0.717, 1.165) is 20.1 Å². The van der Waals surface area contributed by atoms with Gasteiger partial charge in [-0.25, -0.2) is 9.97 Å². The van der Waals surface area contributed by atoms with Gasteiger partial charge in [-0.3, -0.25) is 0 Å². The number of anilines is 3. The monoisotopic (exact) mass is 386 g/mol. The van der Waals surface area contributed by atoms with Gasteiger partial charge in [0.05, 0.1) is 0 Å². The second-order valence-electron chi connectivity index (χ2n) is 4.99. The Bertz CT molecular complexity index is 821. The molecule has 116 valence electrons. The number of rotatable bonds is 4. The average molecular weight is 387 g/mol. The summed E-state index contributed by atoms with van der Waals surface area (Å²) in [7, 11) is 0. The molecule has 0 radical (unpaired) electrons. The Morgan fingerprint density at radius 2 is 1.87 bits per heavy atom. The quantitative estimate of drug-likeness (QED) is 0.615. The van der Waals surface area contributed by atoms with Gasteiger partial charge in [-0.05, 0) is 37.3 Å². The molecule has 0 saturated heterocycles. The molecule has 0 unspecified atom stereocenters. The van der Waals surface area contributed by atoms with Crippen LogP contribution in [0.25, 0.3) is 0 Å². The second kappa shape index (κ2) is 7.02. The molecule has 3 aromatic rings. The molecule has 0 bridgehead atoms. The second-order valence-corrected chi connectivity index (χ2v) is 6.97. The van der Waals surface area contributed by atoms with Crippen molar-refractivity contribution < 1.29 is 0 Å². The fourth-order valence-corrected chi connectivity index (χ4v) is 3.18. The Morgan fingerprint density at radius 3 is 2.61 bits per heavy atom. The first kappa shape index (κ1) is 15.8. The summed E-state index contributed by atoms with van der Waals surface area (Å²) in [6, 6.07) is 16.1. The number of nitrogen functional groups attached to an aromatic ring is 1. The predicted molar refractivity (Wildman–Crippen MR) is 99.2 cm³/mol. The lowest BCUT2D eigenvalue weighted by atomic mass is 10.2.